The number of nitrogens with one attached hydrogen (secondary N) is 1. The van der Waals surface area contributed by atoms with Crippen LogP contribution in [0.1, 0.15) is 47.7 Å². The van der Waals surface area contributed by atoms with Crippen LogP contribution in [-0.2, 0) is 14.3 Å². The highest BCUT2D eigenvalue weighted by Gasteiger charge is 2.39. The molecule has 1 aliphatic rings. The van der Waals surface area contributed by atoms with E-state index in [-0.39, 0.29) is 23.4 Å². The molecule has 1 saturated heterocycles. The topological polar surface area (TPSA) is 129 Å². The van der Waals surface area contributed by atoms with E-state index in [2.05, 4.69) is 10.3 Å². The predicted molar refractivity (Wildman–Crippen MR) is 130 cm³/mol. The number of benzene rings is 1. The maximum absolute atomic E-state index is 13.1. The second kappa shape index (κ2) is 11.7. The van der Waals surface area contributed by atoms with Gasteiger partial charge in [0.1, 0.15) is 30.0 Å². The standard InChI is InChI=1S/C22H27N3O7S2/c1-12(34-33-4)16-9-14(30-3)5-6-15(16)21(28)32-17-10-20(31-18(17)11-26)25-8-7-19(23-13(2)27)24-22(25)29/h5-9,12,17-18,20,26H,10-11H2,1-4H3,(H,23,24,27,29)/t12?,17-,18?,20-/m1/s1. The van der Waals surface area contributed by atoms with E-state index in [9.17, 15) is 19.5 Å². The van der Waals surface area contributed by atoms with Crippen molar-refractivity contribution < 1.29 is 28.9 Å². The number of aliphatic hydroxyl groups is 1. The van der Waals surface area contributed by atoms with Crippen LogP contribution in [0.4, 0.5) is 5.82 Å². The van der Waals surface area contributed by atoms with Gasteiger partial charge in [0.15, 0.2) is 0 Å². The van der Waals surface area contributed by atoms with Gasteiger partial charge in [-0.15, -0.1) is 0 Å². The predicted octanol–water partition coefficient (Wildman–Crippen LogP) is 2.79. The van der Waals surface area contributed by atoms with Crippen molar-refractivity contribution in [1.29, 1.82) is 0 Å². The van der Waals surface area contributed by atoms with Crippen molar-refractivity contribution in [2.45, 2.75) is 44.0 Å². The number of hydrogen-bond acceptors (Lipinski definition) is 10. The van der Waals surface area contributed by atoms with Crippen molar-refractivity contribution in [1.82, 2.24) is 9.55 Å². The highest BCUT2D eigenvalue weighted by molar-refractivity contribution is 8.76. The van der Waals surface area contributed by atoms with Gasteiger partial charge in [0.2, 0.25) is 5.91 Å². The summed E-state index contributed by atoms with van der Waals surface area (Å²) in [5.41, 5.74) is 0.530. The van der Waals surface area contributed by atoms with Crippen molar-refractivity contribution >= 4 is 39.3 Å². The first kappa shape index (κ1) is 26.1. The molecule has 2 aromatic rings. The summed E-state index contributed by atoms with van der Waals surface area (Å²) in [7, 11) is 4.75. The molecule has 2 N–H and O–H groups in total. The van der Waals surface area contributed by atoms with Gasteiger partial charge < -0.3 is 24.6 Å². The van der Waals surface area contributed by atoms with Crippen molar-refractivity contribution in [3.05, 3.63) is 52.1 Å². The Kier molecular flexibility index (Phi) is 9.00. The van der Waals surface area contributed by atoms with Crippen LogP contribution in [0.25, 0.3) is 0 Å². The molecule has 0 aliphatic carbocycles. The lowest BCUT2D eigenvalue weighted by molar-refractivity contribution is -0.114. The Hall–Kier alpha value is -2.54. The molecule has 4 atom stereocenters. The Morgan fingerprint density at radius 2 is 2.15 bits per heavy atom. The van der Waals surface area contributed by atoms with Gasteiger partial charge in [0.25, 0.3) is 0 Å². The van der Waals surface area contributed by atoms with Gasteiger partial charge in [-0.25, -0.2) is 9.59 Å². The molecular weight excluding hydrogens is 482 g/mol. The average Bonchev–Trinajstić information content (AvgIpc) is 3.20. The van der Waals surface area contributed by atoms with Gasteiger partial charge >= 0.3 is 11.7 Å². The second-order valence-corrected chi connectivity index (χ2v) is 10.3. The van der Waals surface area contributed by atoms with Gasteiger partial charge in [-0.05, 0) is 43.0 Å². The molecule has 1 aliphatic heterocycles. The Bertz CT molecular complexity index is 1090. The summed E-state index contributed by atoms with van der Waals surface area (Å²) in [5, 5.41) is 12.2. The maximum Gasteiger partial charge on any atom is 0.351 e. The van der Waals surface area contributed by atoms with Crippen LogP contribution in [0.15, 0.2) is 35.3 Å². The van der Waals surface area contributed by atoms with E-state index in [0.717, 1.165) is 5.56 Å². The number of aliphatic hydroxyl groups excluding tert-OH is 1. The lowest BCUT2D eigenvalue weighted by atomic mass is 10.0. The zero-order chi connectivity index (χ0) is 24.8. The second-order valence-electron chi connectivity index (χ2n) is 7.53. The Labute approximate surface area is 204 Å². The molecule has 3 rings (SSSR count). The summed E-state index contributed by atoms with van der Waals surface area (Å²) in [6, 6.07) is 6.62. The molecule has 184 valence electrons. The average molecular weight is 510 g/mol. The minimum absolute atomic E-state index is 0.000595. The fraction of sp³-hybridized carbons (Fsp3) is 0.455. The monoisotopic (exact) mass is 509 g/mol. The number of esters is 1. The molecule has 1 amide bonds. The molecule has 10 nitrogen and oxygen atoms in total. The minimum Gasteiger partial charge on any atom is -0.497 e. The van der Waals surface area contributed by atoms with Crippen molar-refractivity contribution in [2.75, 3.05) is 25.3 Å². The van der Waals surface area contributed by atoms with Crippen LogP contribution >= 0.6 is 21.6 Å². The smallest absolute Gasteiger partial charge is 0.351 e. The van der Waals surface area contributed by atoms with E-state index >= 15 is 0 Å². The first-order valence-electron chi connectivity index (χ1n) is 10.5. The van der Waals surface area contributed by atoms with Crippen molar-refractivity contribution in [3.8, 4) is 5.75 Å². The maximum atomic E-state index is 13.1. The van der Waals surface area contributed by atoms with Gasteiger partial charge in [-0.3, -0.25) is 9.36 Å². The van der Waals surface area contributed by atoms with Crippen LogP contribution < -0.4 is 15.7 Å². The molecule has 0 spiro atoms. The summed E-state index contributed by atoms with van der Waals surface area (Å²) in [6.45, 7) is 2.91. The number of hydrogen-bond donors (Lipinski definition) is 2. The summed E-state index contributed by atoms with van der Waals surface area (Å²) in [6.07, 6.45) is 1.17. The molecule has 34 heavy (non-hydrogen) atoms. The van der Waals surface area contributed by atoms with E-state index in [1.807, 2.05) is 19.2 Å². The molecule has 1 fully saturated rings. The van der Waals surface area contributed by atoms with Crippen LogP contribution in [-0.4, -0.2) is 58.7 Å². The quantitative estimate of drug-likeness (QED) is 0.384. The van der Waals surface area contributed by atoms with E-state index in [1.54, 1.807) is 40.8 Å². The largest absolute Gasteiger partial charge is 0.497 e. The van der Waals surface area contributed by atoms with Gasteiger partial charge in [0.05, 0.1) is 19.3 Å². The summed E-state index contributed by atoms with van der Waals surface area (Å²) < 4.78 is 18.1. The first-order chi connectivity index (χ1) is 16.3. The number of amides is 1. The van der Waals surface area contributed by atoms with Crippen LogP contribution in [0.3, 0.4) is 0 Å². The van der Waals surface area contributed by atoms with E-state index < -0.39 is 36.7 Å². The SMILES string of the molecule is COc1ccc(C(=O)O[C@@H]2C[C@H](n3ccc(NC(C)=O)nc3=O)OC2CO)c(C(C)SSC)c1. The highest BCUT2D eigenvalue weighted by atomic mass is 33.1. The summed E-state index contributed by atoms with van der Waals surface area (Å²) in [4.78, 5) is 40.5. The Balaban J connectivity index is 1.79. The van der Waals surface area contributed by atoms with Crippen molar-refractivity contribution in [2.24, 2.45) is 0 Å². The van der Waals surface area contributed by atoms with Gasteiger partial charge in [-0.1, -0.05) is 21.6 Å². The van der Waals surface area contributed by atoms with E-state index in [1.165, 1.54) is 23.8 Å². The van der Waals surface area contributed by atoms with E-state index in [4.69, 9.17) is 14.2 Å². The Morgan fingerprint density at radius 3 is 2.76 bits per heavy atom. The number of carbonyl (C=O) groups is 2. The lowest BCUT2D eigenvalue weighted by Crippen LogP contribution is -2.30. The summed E-state index contributed by atoms with van der Waals surface area (Å²) >= 11 is 0. The first-order valence-corrected chi connectivity index (χ1v) is 13.1. The number of ether oxygens (including phenoxy) is 3. The zero-order valence-corrected chi connectivity index (χ0v) is 20.9. The number of aromatic nitrogens is 2. The molecular formula is C22H27N3O7S2. The highest BCUT2D eigenvalue weighted by Crippen LogP contribution is 2.39. The van der Waals surface area contributed by atoms with Crippen LogP contribution in [0.2, 0.25) is 0 Å². The molecule has 0 saturated carbocycles. The molecule has 2 heterocycles. The number of nitrogens with zero attached hydrogens (tertiary/aromatic N) is 2. The van der Waals surface area contributed by atoms with Gasteiger partial charge in [0, 0.05) is 24.8 Å². The molecule has 1 aromatic heterocycles. The third-order valence-electron chi connectivity index (χ3n) is 5.22. The van der Waals surface area contributed by atoms with Crippen molar-refractivity contribution in [3.63, 3.8) is 0 Å². The lowest BCUT2D eigenvalue weighted by Gasteiger charge is -2.19. The fourth-order valence-electron chi connectivity index (χ4n) is 3.63. The minimum atomic E-state index is -0.810. The normalized spacial score (nSPS) is 20.6. The third kappa shape index (κ3) is 6.12. The molecule has 0 radical (unpaired) electrons. The summed E-state index contributed by atoms with van der Waals surface area (Å²) in [5.74, 6) is -0.146. The van der Waals surface area contributed by atoms with Crippen LogP contribution in [0, 0.1) is 0 Å². The number of rotatable bonds is 9. The number of methoxy groups -OCH3 is 1. The molecule has 0 bridgehead atoms. The number of anilines is 1. The molecule has 1 aromatic carbocycles. The fourth-order valence-corrected chi connectivity index (χ4v) is 5.39. The third-order valence-corrected chi connectivity index (χ3v) is 7.40. The zero-order valence-electron chi connectivity index (χ0n) is 19.2. The Morgan fingerprint density at radius 1 is 1.38 bits per heavy atom. The number of carbonyl (C=O) groups excluding carboxylic acids is 2. The van der Waals surface area contributed by atoms with Gasteiger partial charge in [-0.2, -0.15) is 4.98 Å². The van der Waals surface area contributed by atoms with Crippen LogP contribution in [0.5, 0.6) is 5.75 Å². The van der Waals surface area contributed by atoms with E-state index in [0.29, 0.717) is 11.3 Å². The molecule has 2 unspecified atom stereocenters. The molecule has 12 heteroatoms.